The summed E-state index contributed by atoms with van der Waals surface area (Å²) in [4.78, 5) is 6.15. The standard InChI is InChI=1S/C8H7N5/c1-2-7(9-3-1)6-4-11-13-8(6)10-5-12-13/h1-5,9H,(H,10,12). The molecule has 0 atom stereocenters. The molecule has 64 valence electrons. The summed E-state index contributed by atoms with van der Waals surface area (Å²) in [5, 5.41) is 8.07. The molecule has 3 heterocycles. The number of hydrogen-bond donors (Lipinski definition) is 2. The first-order chi connectivity index (χ1) is 6.45. The van der Waals surface area contributed by atoms with Gasteiger partial charge in [-0.15, -0.1) is 9.73 Å². The van der Waals surface area contributed by atoms with Gasteiger partial charge in [0, 0.05) is 6.20 Å². The molecule has 0 spiro atoms. The average Bonchev–Trinajstić information content (AvgIpc) is 2.79. The number of nitrogens with one attached hydrogen (secondary N) is 2. The van der Waals surface area contributed by atoms with E-state index in [0.29, 0.717) is 0 Å². The normalized spacial score (nSPS) is 11.1. The van der Waals surface area contributed by atoms with Crippen molar-refractivity contribution in [2.45, 2.75) is 0 Å². The van der Waals surface area contributed by atoms with E-state index >= 15 is 0 Å². The summed E-state index contributed by atoms with van der Waals surface area (Å²) in [6.45, 7) is 0. The lowest BCUT2D eigenvalue weighted by Gasteiger charge is -1.89. The van der Waals surface area contributed by atoms with E-state index in [1.54, 1.807) is 17.2 Å². The van der Waals surface area contributed by atoms with Gasteiger partial charge in [0.2, 0.25) is 0 Å². The fourth-order valence-electron chi connectivity index (χ4n) is 1.40. The Morgan fingerprint density at radius 1 is 1.23 bits per heavy atom. The summed E-state index contributed by atoms with van der Waals surface area (Å²) >= 11 is 0. The lowest BCUT2D eigenvalue weighted by atomic mass is 10.2. The second-order valence-electron chi connectivity index (χ2n) is 2.77. The molecular formula is C8H7N5. The highest BCUT2D eigenvalue weighted by molar-refractivity contribution is 5.73. The third kappa shape index (κ3) is 0.807. The minimum absolute atomic E-state index is 0.905. The molecule has 5 nitrogen and oxygen atoms in total. The van der Waals surface area contributed by atoms with E-state index in [1.165, 1.54) is 0 Å². The van der Waals surface area contributed by atoms with Crippen LogP contribution < -0.4 is 0 Å². The Balaban J connectivity index is 2.33. The summed E-state index contributed by atoms with van der Waals surface area (Å²) in [5.74, 6) is 0. The molecule has 13 heavy (non-hydrogen) atoms. The molecule has 5 heteroatoms. The maximum atomic E-state index is 4.09. The van der Waals surface area contributed by atoms with Gasteiger partial charge in [-0.05, 0) is 12.1 Å². The Hall–Kier alpha value is -2.04. The van der Waals surface area contributed by atoms with Crippen LogP contribution in [0.25, 0.3) is 16.9 Å². The van der Waals surface area contributed by atoms with Crippen molar-refractivity contribution in [2.24, 2.45) is 0 Å². The Morgan fingerprint density at radius 3 is 3.08 bits per heavy atom. The quantitative estimate of drug-likeness (QED) is 0.577. The van der Waals surface area contributed by atoms with Crippen LogP contribution in [-0.2, 0) is 0 Å². The summed E-state index contributed by atoms with van der Waals surface area (Å²) in [7, 11) is 0. The van der Waals surface area contributed by atoms with Crippen LogP contribution in [0, 0.1) is 0 Å². The van der Waals surface area contributed by atoms with E-state index < -0.39 is 0 Å². The zero-order valence-electron chi connectivity index (χ0n) is 6.73. The Kier molecular flexibility index (Phi) is 1.11. The van der Waals surface area contributed by atoms with E-state index in [2.05, 4.69) is 20.2 Å². The molecule has 0 unspecified atom stereocenters. The van der Waals surface area contributed by atoms with Crippen molar-refractivity contribution in [1.82, 2.24) is 24.8 Å². The molecule has 3 aromatic heterocycles. The largest absolute Gasteiger partial charge is 0.361 e. The van der Waals surface area contributed by atoms with Gasteiger partial charge in [-0.3, -0.25) is 0 Å². The Labute approximate surface area is 73.4 Å². The number of H-pyrrole nitrogens is 2. The van der Waals surface area contributed by atoms with Crippen LogP contribution in [0.3, 0.4) is 0 Å². The monoisotopic (exact) mass is 173 g/mol. The van der Waals surface area contributed by atoms with Crippen molar-refractivity contribution in [2.75, 3.05) is 0 Å². The van der Waals surface area contributed by atoms with Crippen molar-refractivity contribution in [1.29, 1.82) is 0 Å². The number of hydrogen-bond acceptors (Lipinski definition) is 2. The SMILES string of the molecule is c1c[nH]c(-c2cnn3nc[nH]c23)c1. The zero-order chi connectivity index (χ0) is 8.67. The third-order valence-corrected chi connectivity index (χ3v) is 2.01. The van der Waals surface area contributed by atoms with Gasteiger partial charge in [0.15, 0.2) is 5.65 Å². The third-order valence-electron chi connectivity index (χ3n) is 2.01. The van der Waals surface area contributed by atoms with Gasteiger partial charge in [0.1, 0.15) is 6.33 Å². The molecule has 0 fully saturated rings. The number of rotatable bonds is 1. The first-order valence-corrected chi connectivity index (χ1v) is 3.96. The van der Waals surface area contributed by atoms with Gasteiger partial charge in [0.05, 0.1) is 17.5 Å². The summed E-state index contributed by atoms with van der Waals surface area (Å²) in [6.07, 6.45) is 5.29. The maximum absolute atomic E-state index is 4.09. The number of aromatic nitrogens is 5. The zero-order valence-corrected chi connectivity index (χ0v) is 6.73. The molecular weight excluding hydrogens is 166 g/mol. The predicted molar refractivity (Wildman–Crippen MR) is 47.1 cm³/mol. The smallest absolute Gasteiger partial charge is 0.164 e. The molecule has 0 bridgehead atoms. The molecule has 3 aromatic rings. The molecule has 0 aliphatic heterocycles. The van der Waals surface area contributed by atoms with E-state index in [-0.39, 0.29) is 0 Å². The Morgan fingerprint density at radius 2 is 2.23 bits per heavy atom. The van der Waals surface area contributed by atoms with Crippen LogP contribution >= 0.6 is 0 Å². The topological polar surface area (TPSA) is 61.8 Å². The second kappa shape index (κ2) is 2.22. The van der Waals surface area contributed by atoms with E-state index in [0.717, 1.165) is 16.9 Å². The fraction of sp³-hybridized carbons (Fsp3) is 0. The lowest BCUT2D eigenvalue weighted by Crippen LogP contribution is -1.82. The van der Waals surface area contributed by atoms with Crippen molar-refractivity contribution in [3.63, 3.8) is 0 Å². The van der Waals surface area contributed by atoms with Gasteiger partial charge < -0.3 is 9.97 Å². The minimum Gasteiger partial charge on any atom is -0.361 e. The van der Waals surface area contributed by atoms with Crippen LogP contribution in [0.2, 0.25) is 0 Å². The average molecular weight is 173 g/mol. The van der Waals surface area contributed by atoms with Gasteiger partial charge in [-0.1, -0.05) is 0 Å². The van der Waals surface area contributed by atoms with Crippen molar-refractivity contribution >= 4 is 5.65 Å². The van der Waals surface area contributed by atoms with Gasteiger partial charge in [-0.2, -0.15) is 5.10 Å². The molecule has 0 aliphatic carbocycles. The van der Waals surface area contributed by atoms with Crippen molar-refractivity contribution in [3.05, 3.63) is 30.9 Å². The number of nitrogens with zero attached hydrogens (tertiary/aromatic N) is 3. The summed E-state index contributed by atoms with van der Waals surface area (Å²) in [5.41, 5.74) is 2.98. The number of fused-ring (bicyclic) bond motifs is 1. The van der Waals surface area contributed by atoms with Crippen LogP contribution in [0.15, 0.2) is 30.9 Å². The van der Waals surface area contributed by atoms with E-state index in [4.69, 9.17) is 0 Å². The van der Waals surface area contributed by atoms with Crippen molar-refractivity contribution < 1.29 is 0 Å². The molecule has 0 amide bonds. The first-order valence-electron chi connectivity index (χ1n) is 3.96. The fourth-order valence-corrected chi connectivity index (χ4v) is 1.40. The van der Waals surface area contributed by atoms with Crippen LogP contribution in [0.1, 0.15) is 0 Å². The molecule has 0 radical (unpaired) electrons. The molecule has 0 saturated heterocycles. The lowest BCUT2D eigenvalue weighted by molar-refractivity contribution is 0.821. The Bertz CT molecular complexity index is 515. The molecule has 0 aromatic carbocycles. The van der Waals surface area contributed by atoms with Crippen molar-refractivity contribution in [3.8, 4) is 11.3 Å². The van der Waals surface area contributed by atoms with Crippen LogP contribution in [-0.4, -0.2) is 24.8 Å². The molecule has 0 saturated carbocycles. The van der Waals surface area contributed by atoms with Crippen LogP contribution in [0.4, 0.5) is 0 Å². The summed E-state index contributed by atoms with van der Waals surface area (Å²) in [6, 6.07) is 3.95. The minimum atomic E-state index is 0.905. The van der Waals surface area contributed by atoms with Gasteiger partial charge in [0.25, 0.3) is 0 Å². The molecule has 3 rings (SSSR count). The maximum Gasteiger partial charge on any atom is 0.164 e. The second-order valence-corrected chi connectivity index (χ2v) is 2.77. The highest BCUT2D eigenvalue weighted by Gasteiger charge is 2.07. The van der Waals surface area contributed by atoms with E-state index in [9.17, 15) is 0 Å². The molecule has 0 aliphatic rings. The number of aromatic amines is 2. The van der Waals surface area contributed by atoms with Crippen LogP contribution in [0.5, 0.6) is 0 Å². The van der Waals surface area contributed by atoms with Gasteiger partial charge >= 0.3 is 0 Å². The molecule has 2 N–H and O–H groups in total. The summed E-state index contributed by atoms with van der Waals surface area (Å²) < 4.78 is 1.57. The highest BCUT2D eigenvalue weighted by Crippen LogP contribution is 2.19. The van der Waals surface area contributed by atoms with Gasteiger partial charge in [-0.25, -0.2) is 0 Å². The first kappa shape index (κ1) is 6.47. The van der Waals surface area contributed by atoms with E-state index in [1.807, 2.05) is 18.3 Å². The predicted octanol–water partition coefficient (Wildman–Crippen LogP) is 1.05. The highest BCUT2D eigenvalue weighted by atomic mass is 15.4.